The first-order valence-corrected chi connectivity index (χ1v) is 5.79. The topological polar surface area (TPSA) is 107 Å². The lowest BCUT2D eigenvalue weighted by Crippen LogP contribution is -2.60. The summed E-state index contributed by atoms with van der Waals surface area (Å²) in [4.78, 5) is 22.9. The summed E-state index contributed by atoms with van der Waals surface area (Å²) in [5.41, 5.74) is 0.893. The second-order valence-electron chi connectivity index (χ2n) is 4.63. The Kier molecular flexibility index (Phi) is 2.98. The smallest absolute Gasteiger partial charge is 0.329 e. The van der Waals surface area contributed by atoms with Crippen LogP contribution in [0.1, 0.15) is 30.7 Å². The number of rotatable bonds is 3. The largest absolute Gasteiger partial charge is 0.480 e. The molecule has 0 unspecified atom stereocenters. The van der Waals surface area contributed by atoms with Gasteiger partial charge in [-0.05, 0) is 33.1 Å². The number of amides is 2. The third-order valence-corrected chi connectivity index (χ3v) is 3.34. The number of hydrogen-bond acceptors (Lipinski definition) is 3. The molecule has 2 rings (SSSR count). The maximum absolute atomic E-state index is 11.8. The van der Waals surface area contributed by atoms with E-state index in [0.717, 1.165) is 12.1 Å². The van der Waals surface area contributed by atoms with E-state index >= 15 is 0 Å². The lowest BCUT2D eigenvalue weighted by molar-refractivity contribution is -0.148. The second-order valence-corrected chi connectivity index (χ2v) is 4.63. The van der Waals surface area contributed by atoms with E-state index in [-0.39, 0.29) is 0 Å². The van der Waals surface area contributed by atoms with Crippen LogP contribution in [-0.4, -0.2) is 32.8 Å². The van der Waals surface area contributed by atoms with E-state index in [0.29, 0.717) is 24.2 Å². The van der Waals surface area contributed by atoms with Crippen LogP contribution in [0.4, 0.5) is 10.5 Å². The lowest BCUT2D eigenvalue weighted by atomic mass is 9.77. The van der Waals surface area contributed by atoms with Crippen LogP contribution in [0.15, 0.2) is 0 Å². The zero-order valence-electron chi connectivity index (χ0n) is 10.3. The van der Waals surface area contributed by atoms with Gasteiger partial charge in [-0.2, -0.15) is 5.10 Å². The number of aryl methyl sites for hydroxylation is 2. The Bertz CT molecular complexity index is 471. The Morgan fingerprint density at radius 2 is 2.06 bits per heavy atom. The predicted octanol–water partition coefficient (Wildman–Crippen LogP) is 1.16. The summed E-state index contributed by atoms with van der Waals surface area (Å²) < 4.78 is 0. The number of nitrogens with zero attached hydrogens (tertiary/aromatic N) is 1. The normalized spacial score (nSPS) is 16.8. The first kappa shape index (κ1) is 12.4. The number of hydrogen-bond donors (Lipinski definition) is 4. The molecule has 0 atom stereocenters. The van der Waals surface area contributed by atoms with Crippen molar-refractivity contribution in [1.29, 1.82) is 0 Å². The second kappa shape index (κ2) is 4.32. The molecule has 1 fully saturated rings. The highest BCUT2D eigenvalue weighted by molar-refractivity contribution is 5.95. The Balaban J connectivity index is 2.03. The van der Waals surface area contributed by atoms with E-state index in [4.69, 9.17) is 5.11 Å². The standard InChI is InChI=1S/C11H16N4O3/c1-6-8(7(2)15-14-6)12-10(18)13-11(9(16)17)4-3-5-11/h3-5H2,1-2H3,(H,14,15)(H,16,17)(H2,12,13,18). The summed E-state index contributed by atoms with van der Waals surface area (Å²) in [7, 11) is 0. The minimum absolute atomic E-state index is 0.471. The maximum atomic E-state index is 11.8. The quantitative estimate of drug-likeness (QED) is 0.647. The Labute approximate surface area is 104 Å². The average Bonchev–Trinajstić information content (AvgIpc) is 2.54. The zero-order valence-corrected chi connectivity index (χ0v) is 10.3. The highest BCUT2D eigenvalue weighted by atomic mass is 16.4. The molecule has 0 spiro atoms. The third kappa shape index (κ3) is 2.03. The fourth-order valence-electron chi connectivity index (χ4n) is 2.02. The molecule has 1 saturated carbocycles. The van der Waals surface area contributed by atoms with Crippen molar-refractivity contribution in [2.75, 3.05) is 5.32 Å². The van der Waals surface area contributed by atoms with Crippen molar-refractivity contribution in [2.45, 2.75) is 38.6 Å². The molecule has 0 saturated heterocycles. The van der Waals surface area contributed by atoms with Crippen LogP contribution in [0.25, 0.3) is 0 Å². The van der Waals surface area contributed by atoms with E-state index in [1.165, 1.54) is 0 Å². The van der Waals surface area contributed by atoms with Gasteiger partial charge in [0.1, 0.15) is 5.54 Å². The molecule has 98 valence electrons. The molecule has 0 aromatic carbocycles. The summed E-state index contributed by atoms with van der Waals surface area (Å²) in [6.45, 7) is 3.54. The Morgan fingerprint density at radius 1 is 1.39 bits per heavy atom. The fraction of sp³-hybridized carbons (Fsp3) is 0.545. The highest BCUT2D eigenvalue weighted by Gasteiger charge is 2.45. The number of urea groups is 1. The molecule has 0 aliphatic heterocycles. The number of aromatic amines is 1. The summed E-state index contributed by atoms with van der Waals surface area (Å²) in [5, 5.41) is 21.0. The number of H-pyrrole nitrogens is 1. The van der Waals surface area contributed by atoms with Crippen molar-refractivity contribution in [3.05, 3.63) is 11.4 Å². The highest BCUT2D eigenvalue weighted by Crippen LogP contribution is 2.32. The number of nitrogens with one attached hydrogen (secondary N) is 3. The number of aromatic nitrogens is 2. The monoisotopic (exact) mass is 252 g/mol. The van der Waals surface area contributed by atoms with E-state index in [9.17, 15) is 9.59 Å². The minimum atomic E-state index is -1.10. The maximum Gasteiger partial charge on any atom is 0.329 e. The SMILES string of the molecule is Cc1n[nH]c(C)c1NC(=O)NC1(C(=O)O)CCC1. The Hall–Kier alpha value is -2.05. The molecule has 1 heterocycles. The summed E-state index contributed by atoms with van der Waals surface area (Å²) >= 11 is 0. The van der Waals surface area contributed by atoms with Gasteiger partial charge in [-0.1, -0.05) is 0 Å². The van der Waals surface area contributed by atoms with E-state index in [1.807, 2.05) is 0 Å². The van der Waals surface area contributed by atoms with Crippen LogP contribution in [0.5, 0.6) is 0 Å². The number of anilines is 1. The van der Waals surface area contributed by atoms with Crippen molar-refractivity contribution >= 4 is 17.7 Å². The van der Waals surface area contributed by atoms with Gasteiger partial charge in [0, 0.05) is 0 Å². The number of carbonyl (C=O) groups is 2. The predicted molar refractivity (Wildman–Crippen MR) is 64.4 cm³/mol. The van der Waals surface area contributed by atoms with E-state index in [1.54, 1.807) is 13.8 Å². The van der Waals surface area contributed by atoms with Gasteiger partial charge in [0.05, 0.1) is 17.1 Å². The van der Waals surface area contributed by atoms with Crippen LogP contribution in [0.2, 0.25) is 0 Å². The van der Waals surface area contributed by atoms with Crippen LogP contribution >= 0.6 is 0 Å². The molecule has 1 aromatic heterocycles. The molecule has 4 N–H and O–H groups in total. The van der Waals surface area contributed by atoms with E-state index < -0.39 is 17.5 Å². The molecule has 0 radical (unpaired) electrons. The molecular formula is C11H16N4O3. The molecule has 7 heteroatoms. The fourth-order valence-corrected chi connectivity index (χ4v) is 2.02. The van der Waals surface area contributed by atoms with Crippen molar-refractivity contribution in [2.24, 2.45) is 0 Å². The van der Waals surface area contributed by atoms with Gasteiger partial charge in [0.25, 0.3) is 0 Å². The summed E-state index contributed by atoms with van der Waals surface area (Å²) in [5.74, 6) is -0.982. The summed E-state index contributed by atoms with van der Waals surface area (Å²) in [6, 6.07) is -0.510. The first-order chi connectivity index (χ1) is 8.44. The Morgan fingerprint density at radius 3 is 2.44 bits per heavy atom. The van der Waals surface area contributed by atoms with Crippen molar-refractivity contribution in [3.8, 4) is 0 Å². The van der Waals surface area contributed by atoms with Gasteiger partial charge < -0.3 is 15.7 Å². The molecule has 1 aromatic rings. The van der Waals surface area contributed by atoms with Crippen molar-refractivity contribution < 1.29 is 14.7 Å². The van der Waals surface area contributed by atoms with Gasteiger partial charge in [-0.25, -0.2) is 9.59 Å². The zero-order chi connectivity index (χ0) is 13.3. The average molecular weight is 252 g/mol. The number of aliphatic carboxylic acids is 1. The minimum Gasteiger partial charge on any atom is -0.480 e. The molecule has 1 aliphatic rings. The number of carbonyl (C=O) groups excluding carboxylic acids is 1. The van der Waals surface area contributed by atoms with Crippen LogP contribution in [-0.2, 0) is 4.79 Å². The van der Waals surface area contributed by atoms with Crippen molar-refractivity contribution in [1.82, 2.24) is 15.5 Å². The molecule has 2 amide bonds. The van der Waals surface area contributed by atoms with Gasteiger partial charge in [-0.15, -0.1) is 0 Å². The summed E-state index contributed by atoms with van der Waals surface area (Å²) in [6.07, 6.45) is 1.76. The lowest BCUT2D eigenvalue weighted by Gasteiger charge is -2.38. The molecule has 0 bridgehead atoms. The van der Waals surface area contributed by atoms with Crippen molar-refractivity contribution in [3.63, 3.8) is 0 Å². The van der Waals surface area contributed by atoms with E-state index in [2.05, 4.69) is 20.8 Å². The van der Waals surface area contributed by atoms with Gasteiger partial charge in [0.2, 0.25) is 0 Å². The van der Waals surface area contributed by atoms with Gasteiger partial charge in [-0.3, -0.25) is 5.10 Å². The van der Waals surface area contributed by atoms with Gasteiger partial charge in [0.15, 0.2) is 0 Å². The number of carboxylic acids is 1. The van der Waals surface area contributed by atoms with Crippen LogP contribution in [0, 0.1) is 13.8 Å². The first-order valence-electron chi connectivity index (χ1n) is 5.79. The molecular weight excluding hydrogens is 236 g/mol. The molecule has 18 heavy (non-hydrogen) atoms. The number of carboxylic acid groups (broad SMARTS) is 1. The van der Waals surface area contributed by atoms with Crippen LogP contribution in [0.3, 0.4) is 0 Å². The third-order valence-electron chi connectivity index (χ3n) is 3.34. The molecule has 7 nitrogen and oxygen atoms in total. The molecule has 1 aliphatic carbocycles. The van der Waals surface area contributed by atoms with Gasteiger partial charge >= 0.3 is 12.0 Å². The van der Waals surface area contributed by atoms with Crippen LogP contribution < -0.4 is 10.6 Å².